The van der Waals surface area contributed by atoms with Crippen molar-refractivity contribution in [1.29, 1.82) is 0 Å². The zero-order chi connectivity index (χ0) is 28.8. The van der Waals surface area contributed by atoms with E-state index in [1.54, 1.807) is 0 Å². The first-order chi connectivity index (χ1) is 19.1. The first kappa shape index (κ1) is 30.8. The van der Waals surface area contributed by atoms with Gasteiger partial charge in [0, 0.05) is 0 Å². The first-order valence-corrected chi connectivity index (χ1v) is 17.5. The summed E-state index contributed by atoms with van der Waals surface area (Å²) in [4.78, 5) is 49.6. The van der Waals surface area contributed by atoms with E-state index in [9.17, 15) is 19.2 Å². The summed E-state index contributed by atoms with van der Waals surface area (Å²) in [7, 11) is 0. The van der Waals surface area contributed by atoms with E-state index in [1.165, 1.54) is 45.4 Å². The van der Waals surface area contributed by atoms with Crippen LogP contribution < -0.4 is 0 Å². The first-order valence-electron chi connectivity index (χ1n) is 12.3. The van der Waals surface area contributed by atoms with E-state index in [4.69, 9.17) is 28.4 Å². The van der Waals surface area contributed by atoms with Crippen molar-refractivity contribution in [2.45, 2.75) is 65.0 Å². The van der Waals surface area contributed by atoms with Gasteiger partial charge in [0.1, 0.15) is 0 Å². The van der Waals surface area contributed by atoms with Crippen LogP contribution in [-0.4, -0.2) is 105 Å². The molecule has 3 aromatic heterocycles. The second-order valence-corrected chi connectivity index (χ2v) is 15.5. The van der Waals surface area contributed by atoms with E-state index >= 15 is 0 Å². The van der Waals surface area contributed by atoms with Gasteiger partial charge in [0.2, 0.25) is 0 Å². The fraction of sp³-hybridized carbons (Fsp3) is 0.407. The van der Waals surface area contributed by atoms with Gasteiger partial charge in [-0.2, -0.15) is 0 Å². The summed E-state index contributed by atoms with van der Waals surface area (Å²) in [6, 6.07) is 12.9. The number of carbonyl (C=O) groups is 4. The third-order valence-corrected chi connectivity index (χ3v) is 13.5. The molecule has 40 heavy (non-hydrogen) atoms. The van der Waals surface area contributed by atoms with Gasteiger partial charge >= 0.3 is 250 Å². The molecule has 5 unspecified atom stereocenters. The fourth-order valence-electron chi connectivity index (χ4n) is 4.10. The summed E-state index contributed by atoms with van der Waals surface area (Å²) in [5.41, 5.74) is 0. The molecule has 4 heterocycles. The molecular weight excluding hydrogens is 721 g/mol. The van der Waals surface area contributed by atoms with Gasteiger partial charge in [0.05, 0.1) is 0 Å². The molecule has 0 spiro atoms. The van der Waals surface area contributed by atoms with Crippen molar-refractivity contribution in [2.75, 3.05) is 6.61 Å². The Labute approximate surface area is 249 Å². The van der Waals surface area contributed by atoms with Crippen molar-refractivity contribution in [3.05, 3.63) is 45.8 Å². The number of rotatable bonds is 10. The number of ether oxygens (including phenoxy) is 6. The van der Waals surface area contributed by atoms with Crippen molar-refractivity contribution in [2.24, 2.45) is 0 Å². The molecule has 0 amide bonds. The minimum atomic E-state index is -1.25. The van der Waals surface area contributed by atoms with E-state index in [-0.39, 0.29) is 42.2 Å². The SMILES string of the molecule is CC(=O)OCC1OC(OCc2ccc(-c3ccc(-c4ccc[se]4)[se]3)[se]2)C(OC(C)=O)C(OC(C)=O)C1OC(C)=O. The standard InChI is InChI=1S/C27H28O10Se3/c1-14(28)32-13-19-24(34-15(2)29)25(35-16(3)30)26(36-17(4)31)27(37-19)33-12-18-7-8-22(39-18)23-10-9-21(40-23)20-6-5-11-38-20/h5-11,19,24-27H,12-13H2,1-4H3. The quantitative estimate of drug-likeness (QED) is 0.172. The van der Waals surface area contributed by atoms with E-state index < -0.39 is 54.6 Å². The van der Waals surface area contributed by atoms with Gasteiger partial charge in [-0.05, 0) is 0 Å². The van der Waals surface area contributed by atoms with Crippen LogP contribution in [0.5, 0.6) is 0 Å². The van der Waals surface area contributed by atoms with Crippen molar-refractivity contribution in [3.63, 3.8) is 0 Å². The number of carbonyl (C=O) groups excluding carboxylic acids is 4. The molecule has 1 saturated heterocycles. The summed E-state index contributed by atoms with van der Waals surface area (Å²) >= 11 is 0.702. The van der Waals surface area contributed by atoms with Gasteiger partial charge in [0.15, 0.2) is 0 Å². The van der Waals surface area contributed by atoms with Gasteiger partial charge in [-0.3, -0.25) is 0 Å². The molecular formula is C27H28O10Se3. The molecule has 0 N–H and O–H groups in total. The molecule has 1 fully saturated rings. The minimum absolute atomic E-state index is 0.0304. The molecule has 0 saturated carbocycles. The van der Waals surface area contributed by atoms with E-state index in [2.05, 4.69) is 35.3 Å². The molecule has 10 nitrogen and oxygen atoms in total. The summed E-state index contributed by atoms with van der Waals surface area (Å²) in [6.45, 7) is 4.66. The Morgan fingerprint density at radius 3 is 1.95 bits per heavy atom. The maximum atomic E-state index is 12.0. The van der Waals surface area contributed by atoms with E-state index in [1.807, 2.05) is 6.07 Å². The normalized spacial score (nSPS) is 22.4. The number of hydrogen-bond acceptors (Lipinski definition) is 10. The van der Waals surface area contributed by atoms with Crippen molar-refractivity contribution in [1.82, 2.24) is 0 Å². The Hall–Kier alpha value is -2.20. The average molecular weight is 749 g/mol. The van der Waals surface area contributed by atoms with Crippen LogP contribution in [0.1, 0.15) is 32.1 Å². The van der Waals surface area contributed by atoms with Crippen LogP contribution in [0.2, 0.25) is 0 Å². The third-order valence-electron chi connectivity index (χ3n) is 5.61. The summed E-state index contributed by atoms with van der Waals surface area (Å²) in [5, 5.41) is 0. The fourth-order valence-corrected chi connectivity index (χ4v) is 10.9. The molecule has 13 heteroatoms. The molecule has 4 rings (SSSR count). The maximum absolute atomic E-state index is 12.0. The monoisotopic (exact) mass is 752 g/mol. The zero-order valence-electron chi connectivity index (χ0n) is 22.1. The Balaban J connectivity index is 1.54. The van der Waals surface area contributed by atoms with E-state index in [0.29, 0.717) is 14.5 Å². The Morgan fingerprint density at radius 2 is 1.32 bits per heavy atom. The van der Waals surface area contributed by atoms with Gasteiger partial charge in [-0.25, -0.2) is 0 Å². The molecule has 214 valence electrons. The van der Waals surface area contributed by atoms with Gasteiger partial charge in [-0.1, -0.05) is 0 Å². The van der Waals surface area contributed by atoms with Crippen LogP contribution in [0.4, 0.5) is 0 Å². The van der Waals surface area contributed by atoms with Crippen LogP contribution in [0.3, 0.4) is 0 Å². The molecule has 0 radical (unpaired) electrons. The number of esters is 4. The molecule has 0 aromatic carbocycles. The zero-order valence-corrected chi connectivity index (χ0v) is 27.3. The van der Waals surface area contributed by atoms with Crippen molar-refractivity contribution >= 4 is 67.4 Å². The Morgan fingerprint density at radius 1 is 0.725 bits per heavy atom. The topological polar surface area (TPSA) is 124 Å². The predicted molar refractivity (Wildman–Crippen MR) is 145 cm³/mol. The Kier molecular flexibility index (Phi) is 10.9. The van der Waals surface area contributed by atoms with Gasteiger partial charge in [-0.15, -0.1) is 0 Å². The van der Waals surface area contributed by atoms with Crippen LogP contribution in [0.25, 0.3) is 17.7 Å². The molecule has 0 bridgehead atoms. The van der Waals surface area contributed by atoms with Crippen LogP contribution in [0, 0.1) is 0 Å². The molecule has 3 aromatic rings. The molecule has 0 aliphatic carbocycles. The van der Waals surface area contributed by atoms with Gasteiger partial charge in [0.25, 0.3) is 0 Å². The van der Waals surface area contributed by atoms with Crippen LogP contribution in [0.15, 0.2) is 41.3 Å². The van der Waals surface area contributed by atoms with E-state index in [0.717, 1.165) is 4.44 Å². The molecule has 1 aliphatic heterocycles. The second-order valence-electron chi connectivity index (χ2n) is 8.79. The van der Waals surface area contributed by atoms with Crippen molar-refractivity contribution < 1.29 is 47.6 Å². The predicted octanol–water partition coefficient (Wildman–Crippen LogP) is 1.79. The summed E-state index contributed by atoms with van der Waals surface area (Å²) in [6.07, 6.45) is -5.92. The van der Waals surface area contributed by atoms with Crippen LogP contribution in [-0.2, 0) is 54.2 Å². The van der Waals surface area contributed by atoms with Crippen LogP contribution >= 0.6 is 0 Å². The third kappa shape index (κ3) is 8.18. The summed E-state index contributed by atoms with van der Waals surface area (Å²) in [5.74, 6) is -2.61. The Bertz CT molecular complexity index is 1330. The second kappa shape index (κ2) is 14.1. The van der Waals surface area contributed by atoms with Crippen molar-refractivity contribution in [3.8, 4) is 17.7 Å². The molecule has 1 aliphatic rings. The van der Waals surface area contributed by atoms with Gasteiger partial charge < -0.3 is 0 Å². The summed E-state index contributed by atoms with van der Waals surface area (Å²) < 4.78 is 40.1. The molecule has 5 atom stereocenters. The number of hydrogen-bond donors (Lipinski definition) is 0. The average Bonchev–Trinajstić information content (AvgIpc) is 3.65.